The van der Waals surface area contributed by atoms with Gasteiger partial charge in [-0.15, -0.1) is 0 Å². The summed E-state index contributed by atoms with van der Waals surface area (Å²) in [7, 11) is 0. The van der Waals surface area contributed by atoms with Crippen molar-refractivity contribution in [3.8, 4) is 0 Å². The van der Waals surface area contributed by atoms with E-state index in [0.717, 1.165) is 11.1 Å². The second-order valence-electron chi connectivity index (χ2n) is 5.75. The molecular formula is C17H18BrF2N. The Morgan fingerprint density at radius 2 is 1.71 bits per heavy atom. The molecule has 0 amide bonds. The van der Waals surface area contributed by atoms with Crippen molar-refractivity contribution in [3.05, 3.63) is 69.7 Å². The fourth-order valence-electron chi connectivity index (χ4n) is 2.29. The second-order valence-corrected chi connectivity index (χ2v) is 6.55. The van der Waals surface area contributed by atoms with Crippen LogP contribution in [-0.4, -0.2) is 6.04 Å². The second kappa shape index (κ2) is 6.24. The van der Waals surface area contributed by atoms with E-state index in [-0.39, 0.29) is 23.1 Å². The van der Waals surface area contributed by atoms with Gasteiger partial charge in [0.2, 0.25) is 0 Å². The molecule has 2 aromatic carbocycles. The summed E-state index contributed by atoms with van der Waals surface area (Å²) in [6, 6.07) is 11.1. The van der Waals surface area contributed by atoms with Gasteiger partial charge in [0.25, 0.3) is 0 Å². The minimum atomic E-state index is -0.348. The minimum Gasteiger partial charge on any atom is -0.327 e. The highest BCUT2D eigenvalue weighted by molar-refractivity contribution is 9.10. The SMILES string of the molecule is CC(C)(c1ccc(F)cc1)C(N)Cc1cccc(F)c1Br. The lowest BCUT2D eigenvalue weighted by Crippen LogP contribution is -2.42. The molecule has 0 fully saturated rings. The van der Waals surface area contributed by atoms with Crippen molar-refractivity contribution in [2.45, 2.75) is 31.7 Å². The van der Waals surface area contributed by atoms with Gasteiger partial charge in [-0.1, -0.05) is 38.1 Å². The lowest BCUT2D eigenvalue weighted by atomic mass is 9.76. The zero-order valence-electron chi connectivity index (χ0n) is 12.0. The van der Waals surface area contributed by atoms with E-state index in [9.17, 15) is 8.78 Å². The third kappa shape index (κ3) is 3.50. The molecule has 2 N–H and O–H groups in total. The number of hydrogen-bond donors (Lipinski definition) is 1. The molecule has 0 aliphatic carbocycles. The summed E-state index contributed by atoms with van der Waals surface area (Å²) in [5.41, 5.74) is 7.78. The Morgan fingerprint density at radius 3 is 2.33 bits per heavy atom. The molecule has 0 aromatic heterocycles. The quantitative estimate of drug-likeness (QED) is 0.855. The van der Waals surface area contributed by atoms with Crippen LogP contribution in [0, 0.1) is 11.6 Å². The average Bonchev–Trinajstić information content (AvgIpc) is 2.44. The van der Waals surface area contributed by atoms with Crippen LogP contribution in [0.1, 0.15) is 25.0 Å². The smallest absolute Gasteiger partial charge is 0.137 e. The van der Waals surface area contributed by atoms with Crippen molar-refractivity contribution in [1.82, 2.24) is 0 Å². The Bertz CT molecular complexity index is 623. The van der Waals surface area contributed by atoms with Crippen molar-refractivity contribution in [1.29, 1.82) is 0 Å². The first-order valence-electron chi connectivity index (χ1n) is 6.77. The van der Waals surface area contributed by atoms with Gasteiger partial charge < -0.3 is 5.73 Å². The lowest BCUT2D eigenvalue weighted by molar-refractivity contribution is 0.405. The Kier molecular flexibility index (Phi) is 4.79. The molecule has 2 aromatic rings. The van der Waals surface area contributed by atoms with Gasteiger partial charge in [-0.25, -0.2) is 8.78 Å². The summed E-state index contributed by atoms with van der Waals surface area (Å²) in [5.74, 6) is -0.560. The van der Waals surface area contributed by atoms with Crippen LogP contribution in [0.25, 0.3) is 0 Å². The molecule has 2 rings (SSSR count). The van der Waals surface area contributed by atoms with Crippen LogP contribution in [0.5, 0.6) is 0 Å². The van der Waals surface area contributed by atoms with Gasteiger partial charge >= 0.3 is 0 Å². The van der Waals surface area contributed by atoms with E-state index in [4.69, 9.17) is 5.73 Å². The summed E-state index contributed by atoms with van der Waals surface area (Å²) >= 11 is 3.26. The third-order valence-corrected chi connectivity index (χ3v) is 4.87. The number of nitrogens with two attached hydrogens (primary N) is 1. The van der Waals surface area contributed by atoms with E-state index in [0.29, 0.717) is 10.9 Å². The summed E-state index contributed by atoms with van der Waals surface area (Å²) in [4.78, 5) is 0. The molecule has 1 atom stereocenters. The van der Waals surface area contributed by atoms with Crippen molar-refractivity contribution in [2.75, 3.05) is 0 Å². The molecule has 0 spiro atoms. The lowest BCUT2D eigenvalue weighted by Gasteiger charge is -2.32. The molecule has 112 valence electrons. The summed E-state index contributed by atoms with van der Waals surface area (Å²) in [6.07, 6.45) is 0.530. The molecule has 0 heterocycles. The monoisotopic (exact) mass is 353 g/mol. The number of hydrogen-bond acceptors (Lipinski definition) is 1. The van der Waals surface area contributed by atoms with Gasteiger partial charge in [0.15, 0.2) is 0 Å². The molecular weight excluding hydrogens is 336 g/mol. The Hall–Kier alpha value is -1.26. The Labute approximate surface area is 132 Å². The van der Waals surface area contributed by atoms with Crippen LogP contribution < -0.4 is 5.73 Å². The van der Waals surface area contributed by atoms with Crippen LogP contribution in [-0.2, 0) is 11.8 Å². The molecule has 0 aliphatic heterocycles. The van der Waals surface area contributed by atoms with Crippen LogP contribution in [0.15, 0.2) is 46.9 Å². The van der Waals surface area contributed by atoms with Gasteiger partial charge in [0.05, 0.1) is 4.47 Å². The predicted octanol–water partition coefficient (Wildman–Crippen LogP) is 4.57. The standard InChI is InChI=1S/C17H18BrF2N/c1-17(2,12-6-8-13(19)9-7-12)15(21)10-11-4-3-5-14(20)16(11)18/h3-9,15H,10,21H2,1-2H3. The van der Waals surface area contributed by atoms with Crippen molar-refractivity contribution >= 4 is 15.9 Å². The fourth-order valence-corrected chi connectivity index (χ4v) is 2.72. The molecule has 0 radical (unpaired) electrons. The highest BCUT2D eigenvalue weighted by Crippen LogP contribution is 2.30. The van der Waals surface area contributed by atoms with E-state index in [1.54, 1.807) is 18.2 Å². The van der Waals surface area contributed by atoms with Crippen molar-refractivity contribution in [2.24, 2.45) is 5.73 Å². The van der Waals surface area contributed by atoms with Gasteiger partial charge in [-0.3, -0.25) is 0 Å². The summed E-state index contributed by atoms with van der Waals surface area (Å²) in [5, 5.41) is 0. The average molecular weight is 354 g/mol. The van der Waals surface area contributed by atoms with Gasteiger partial charge in [0, 0.05) is 11.5 Å². The Morgan fingerprint density at radius 1 is 1.10 bits per heavy atom. The molecule has 1 unspecified atom stereocenters. The first kappa shape index (κ1) is 16.1. The maximum absolute atomic E-state index is 13.6. The molecule has 4 heteroatoms. The van der Waals surface area contributed by atoms with E-state index >= 15 is 0 Å². The molecule has 0 saturated carbocycles. The van der Waals surface area contributed by atoms with E-state index < -0.39 is 0 Å². The summed E-state index contributed by atoms with van der Waals surface area (Å²) in [6.45, 7) is 4.02. The maximum Gasteiger partial charge on any atom is 0.137 e. The highest BCUT2D eigenvalue weighted by atomic mass is 79.9. The normalized spacial score (nSPS) is 13.2. The third-order valence-electron chi connectivity index (χ3n) is 3.99. The van der Waals surface area contributed by atoms with Gasteiger partial charge in [-0.05, 0) is 51.7 Å². The van der Waals surface area contributed by atoms with Gasteiger partial charge in [-0.2, -0.15) is 0 Å². The molecule has 1 nitrogen and oxygen atoms in total. The largest absolute Gasteiger partial charge is 0.327 e. The molecule has 21 heavy (non-hydrogen) atoms. The molecule has 0 bridgehead atoms. The van der Waals surface area contributed by atoms with Crippen molar-refractivity contribution in [3.63, 3.8) is 0 Å². The van der Waals surface area contributed by atoms with E-state index in [2.05, 4.69) is 15.9 Å². The van der Waals surface area contributed by atoms with Crippen LogP contribution in [0.3, 0.4) is 0 Å². The zero-order chi connectivity index (χ0) is 15.6. The molecule has 0 aliphatic rings. The van der Waals surface area contributed by atoms with Crippen LogP contribution >= 0.6 is 15.9 Å². The summed E-state index contributed by atoms with van der Waals surface area (Å²) < 4.78 is 27.1. The van der Waals surface area contributed by atoms with Gasteiger partial charge in [0.1, 0.15) is 11.6 Å². The highest BCUT2D eigenvalue weighted by Gasteiger charge is 2.29. The van der Waals surface area contributed by atoms with E-state index in [1.165, 1.54) is 18.2 Å². The van der Waals surface area contributed by atoms with E-state index in [1.807, 2.05) is 19.9 Å². The Balaban J connectivity index is 2.24. The van der Waals surface area contributed by atoms with Crippen LogP contribution in [0.2, 0.25) is 0 Å². The first-order valence-corrected chi connectivity index (χ1v) is 7.56. The number of halogens is 3. The molecule has 0 saturated heterocycles. The minimum absolute atomic E-state index is 0.221. The van der Waals surface area contributed by atoms with Crippen molar-refractivity contribution < 1.29 is 8.78 Å². The van der Waals surface area contributed by atoms with Crippen LogP contribution in [0.4, 0.5) is 8.78 Å². The fraction of sp³-hybridized carbons (Fsp3) is 0.294. The zero-order valence-corrected chi connectivity index (χ0v) is 13.6. The maximum atomic E-state index is 13.6. The first-order chi connectivity index (χ1) is 9.82. The number of benzene rings is 2. The topological polar surface area (TPSA) is 26.0 Å². The predicted molar refractivity (Wildman–Crippen MR) is 85.2 cm³/mol. The number of rotatable bonds is 4.